The molecule has 0 aromatic heterocycles. The first-order valence-corrected chi connectivity index (χ1v) is 0.569. The van der Waals surface area contributed by atoms with Crippen molar-refractivity contribution in [3.05, 3.63) is 0 Å². The summed E-state index contributed by atoms with van der Waals surface area (Å²) in [5.74, 6) is 0. The van der Waals surface area contributed by atoms with E-state index < -0.39 is 0 Å². The molecule has 0 unspecified atom stereocenters. The fourth-order valence-electron chi connectivity index (χ4n) is 0. The van der Waals surface area contributed by atoms with E-state index in [9.17, 15) is 0 Å². The fourth-order valence-corrected chi connectivity index (χ4v) is 0. The van der Waals surface area contributed by atoms with Gasteiger partial charge in [-0.05, 0) is 0 Å². The van der Waals surface area contributed by atoms with Crippen LogP contribution >= 0.6 is 0 Å². The summed E-state index contributed by atoms with van der Waals surface area (Å²) < 4.78 is 0. The van der Waals surface area contributed by atoms with Crippen LogP contribution in [-0.2, 0) is 4.79 Å². The van der Waals surface area contributed by atoms with E-state index in [1.165, 1.54) is 0 Å². The van der Waals surface area contributed by atoms with Crippen LogP contribution in [0.1, 0.15) is 4.28 Å². The summed E-state index contributed by atoms with van der Waals surface area (Å²) in [5.41, 5.74) is 4.17. The van der Waals surface area contributed by atoms with Crippen molar-refractivity contribution in [3.8, 4) is 0 Å². The second kappa shape index (κ2) is 17.7. The second-order valence-electron chi connectivity index (χ2n) is 0.136. The number of rotatable bonds is 0. The van der Waals surface area contributed by atoms with Gasteiger partial charge in [-0.2, -0.15) is 0 Å². The van der Waals surface area contributed by atoms with E-state index in [1.807, 2.05) is 0 Å². The largest absolute Gasteiger partial charge is 2.00 e. The third-order valence-electron chi connectivity index (χ3n) is 0. The topological polar surface area (TPSA) is 43.1 Å². The molecule has 0 atom stereocenters. The van der Waals surface area contributed by atoms with Crippen LogP contribution in [0.3, 0.4) is 0 Å². The van der Waals surface area contributed by atoms with Crippen LogP contribution in [-0.4, -0.2) is 51.9 Å². The summed E-state index contributed by atoms with van der Waals surface area (Å²) in [6.07, 6.45) is 0.250. The first-order valence-electron chi connectivity index (χ1n) is 0.569. The quantitative estimate of drug-likeness (QED) is 0.273. The van der Waals surface area contributed by atoms with E-state index in [2.05, 4.69) is 5.73 Å². The van der Waals surface area contributed by atoms with E-state index >= 15 is 0 Å². The van der Waals surface area contributed by atoms with Gasteiger partial charge in [-0.1, -0.05) is 0 Å². The summed E-state index contributed by atoms with van der Waals surface area (Å²) in [7, 11) is 0. The van der Waals surface area contributed by atoms with Gasteiger partial charge in [0.05, 0.1) is 0 Å². The molecule has 0 radical (unpaired) electrons. The standard InChI is InChI=1S/CH3NO.Li.Sr.3H/c2-1-3;;;;;/h1H,(H2,2,3);;;;;/q;+1;+2;3*-1. The number of nitrogens with two attached hydrogens (primary N) is 1. The van der Waals surface area contributed by atoms with Crippen LogP contribution in [0.4, 0.5) is 0 Å². The Hall–Kier alpha value is 1.55. The monoisotopic (exact) mass is 143 g/mol. The van der Waals surface area contributed by atoms with Gasteiger partial charge in [-0.3, -0.25) is 4.79 Å². The van der Waals surface area contributed by atoms with Gasteiger partial charge >= 0.3 is 64.3 Å². The molecule has 0 rings (SSSR count). The molecule has 4 heteroatoms. The number of carbonyl (C=O) groups is 1. The van der Waals surface area contributed by atoms with Crippen LogP contribution in [0.15, 0.2) is 0 Å². The van der Waals surface area contributed by atoms with E-state index in [0.29, 0.717) is 0 Å². The molecule has 0 saturated heterocycles. The average molecular weight is 143 g/mol. The molecule has 0 spiro atoms. The maximum absolute atomic E-state index is 8.58. The van der Waals surface area contributed by atoms with E-state index in [-0.39, 0.29) is 75.0 Å². The molecule has 0 aliphatic rings. The SMILES string of the molecule is NC=O.[H-].[H-].[H-].[Li+].[Sr+2]. The summed E-state index contributed by atoms with van der Waals surface area (Å²) in [6, 6.07) is 0. The van der Waals surface area contributed by atoms with Crippen molar-refractivity contribution >= 4 is 51.9 Å². The zero-order valence-corrected chi connectivity index (χ0v) is 6.75. The molecular weight excluding hydrogens is 137 g/mol. The zero-order valence-electron chi connectivity index (χ0n) is 6.27. The van der Waals surface area contributed by atoms with Crippen LogP contribution < -0.4 is 24.6 Å². The first-order chi connectivity index (χ1) is 1.41. The van der Waals surface area contributed by atoms with Crippen molar-refractivity contribution in [1.29, 1.82) is 0 Å². The molecule has 5 heavy (non-hydrogen) atoms. The Kier molecular flexibility index (Phi) is 56.6. The minimum atomic E-state index is 0. The van der Waals surface area contributed by atoms with Crippen molar-refractivity contribution in [1.82, 2.24) is 0 Å². The molecular formula is CH6LiNOSr. The normalized spacial score (nSPS) is 2.40. The molecule has 24 valence electrons. The van der Waals surface area contributed by atoms with Gasteiger partial charge < -0.3 is 10.0 Å². The van der Waals surface area contributed by atoms with Crippen molar-refractivity contribution in [3.63, 3.8) is 0 Å². The minimum absolute atomic E-state index is 0. The molecule has 2 N–H and O–H groups in total. The Morgan fingerprint density at radius 3 is 1.80 bits per heavy atom. The maximum atomic E-state index is 8.58. The molecule has 2 nitrogen and oxygen atoms in total. The predicted molar refractivity (Wildman–Crippen MR) is 19.3 cm³/mol. The average Bonchev–Trinajstić information content (AvgIpc) is 0.918. The number of primary amides is 1. The Morgan fingerprint density at radius 2 is 1.80 bits per heavy atom. The van der Waals surface area contributed by atoms with Crippen LogP contribution in [0, 0.1) is 0 Å². The van der Waals surface area contributed by atoms with Gasteiger partial charge in [-0.15, -0.1) is 0 Å². The Bertz CT molecular complexity index is 26.8. The van der Waals surface area contributed by atoms with Crippen molar-refractivity contribution in [2.75, 3.05) is 0 Å². The van der Waals surface area contributed by atoms with Crippen molar-refractivity contribution in [2.24, 2.45) is 5.73 Å². The van der Waals surface area contributed by atoms with Crippen LogP contribution in [0.25, 0.3) is 0 Å². The Balaban J connectivity index is -0.00000000200. The number of hydrogen-bond donors (Lipinski definition) is 1. The smallest absolute Gasteiger partial charge is 1.00 e. The molecule has 0 saturated carbocycles. The second-order valence-corrected chi connectivity index (χ2v) is 0.136. The van der Waals surface area contributed by atoms with E-state index in [1.54, 1.807) is 0 Å². The van der Waals surface area contributed by atoms with Crippen LogP contribution in [0.5, 0.6) is 0 Å². The van der Waals surface area contributed by atoms with Gasteiger partial charge in [0.15, 0.2) is 0 Å². The Morgan fingerprint density at radius 1 is 1.80 bits per heavy atom. The third kappa shape index (κ3) is 29.1. The number of carbonyl (C=O) groups excluding carboxylic acids is 1. The number of amides is 1. The summed E-state index contributed by atoms with van der Waals surface area (Å²) >= 11 is 0. The summed E-state index contributed by atoms with van der Waals surface area (Å²) in [4.78, 5) is 8.58. The van der Waals surface area contributed by atoms with Crippen molar-refractivity contribution in [2.45, 2.75) is 0 Å². The van der Waals surface area contributed by atoms with Gasteiger partial charge in [0.1, 0.15) is 0 Å². The summed E-state index contributed by atoms with van der Waals surface area (Å²) in [6.45, 7) is 0. The molecule has 0 aromatic rings. The zero-order chi connectivity index (χ0) is 2.71. The molecule has 0 aliphatic carbocycles. The fraction of sp³-hybridized carbons (Fsp3) is 0. The molecule has 0 aromatic carbocycles. The minimum Gasteiger partial charge on any atom is -1.00 e. The molecule has 0 fully saturated rings. The van der Waals surface area contributed by atoms with Gasteiger partial charge in [-0.25, -0.2) is 0 Å². The molecule has 0 heterocycles. The first kappa shape index (κ1) is 16.0. The van der Waals surface area contributed by atoms with Gasteiger partial charge in [0.2, 0.25) is 6.41 Å². The number of hydrogen-bond acceptors (Lipinski definition) is 1. The Labute approximate surface area is 84.4 Å². The maximum Gasteiger partial charge on any atom is 2.00 e. The summed E-state index contributed by atoms with van der Waals surface area (Å²) in [5, 5.41) is 0. The van der Waals surface area contributed by atoms with E-state index in [4.69, 9.17) is 4.79 Å². The molecule has 0 bridgehead atoms. The molecule has 0 aliphatic heterocycles. The van der Waals surface area contributed by atoms with Crippen molar-refractivity contribution < 1.29 is 27.9 Å². The molecule has 1 amide bonds. The predicted octanol–water partition coefficient (Wildman–Crippen LogP) is -3.94. The van der Waals surface area contributed by atoms with Crippen LogP contribution in [0.2, 0.25) is 0 Å². The van der Waals surface area contributed by atoms with E-state index in [0.717, 1.165) is 0 Å². The van der Waals surface area contributed by atoms with Gasteiger partial charge in [0, 0.05) is 0 Å². The van der Waals surface area contributed by atoms with Gasteiger partial charge in [0.25, 0.3) is 0 Å². The third-order valence-corrected chi connectivity index (χ3v) is 0.